The van der Waals surface area contributed by atoms with Crippen molar-refractivity contribution in [2.45, 2.75) is 53.1 Å². The molecular formula is C25H28O5. The number of benzene rings is 2. The van der Waals surface area contributed by atoms with Crippen molar-refractivity contribution in [1.82, 2.24) is 0 Å². The van der Waals surface area contributed by atoms with Crippen molar-refractivity contribution in [1.29, 1.82) is 0 Å². The van der Waals surface area contributed by atoms with Gasteiger partial charge in [0.05, 0.1) is 12.0 Å². The van der Waals surface area contributed by atoms with E-state index in [9.17, 15) is 9.59 Å². The topological polar surface area (TPSA) is 65.7 Å². The molecule has 0 radical (unpaired) electrons. The number of hydrogen-bond acceptors (Lipinski definition) is 5. The Balaban J connectivity index is 2.17. The Kier molecular flexibility index (Phi) is 6.01. The molecule has 0 bridgehead atoms. The first-order valence-corrected chi connectivity index (χ1v) is 10.1. The Bertz CT molecular complexity index is 1120. The van der Waals surface area contributed by atoms with Crippen LogP contribution in [0.25, 0.3) is 22.3 Å². The number of rotatable bonds is 5. The fourth-order valence-electron chi connectivity index (χ4n) is 3.19. The second kappa shape index (κ2) is 8.34. The van der Waals surface area contributed by atoms with Gasteiger partial charge in [-0.25, -0.2) is 4.79 Å². The van der Waals surface area contributed by atoms with E-state index in [0.29, 0.717) is 22.3 Å². The van der Waals surface area contributed by atoms with Gasteiger partial charge >= 0.3 is 5.97 Å². The average Bonchev–Trinajstić information content (AvgIpc) is 2.69. The van der Waals surface area contributed by atoms with Crippen LogP contribution in [0.5, 0.6) is 5.75 Å². The highest BCUT2D eigenvalue weighted by atomic mass is 16.6. The molecule has 5 nitrogen and oxygen atoms in total. The quantitative estimate of drug-likeness (QED) is 0.529. The molecule has 2 aromatic carbocycles. The first kappa shape index (κ1) is 21.6. The third kappa shape index (κ3) is 4.40. The van der Waals surface area contributed by atoms with Crippen LogP contribution in [-0.2, 0) is 14.9 Å². The smallest absolute Gasteiger partial charge is 0.347 e. The van der Waals surface area contributed by atoms with E-state index in [-0.39, 0.29) is 23.2 Å². The maximum atomic E-state index is 13.2. The molecule has 1 atom stereocenters. The largest absolute Gasteiger partial charge is 0.471 e. The zero-order valence-electron chi connectivity index (χ0n) is 18.4. The molecular weight excluding hydrogens is 380 g/mol. The lowest BCUT2D eigenvalue weighted by atomic mass is 9.86. The summed E-state index contributed by atoms with van der Waals surface area (Å²) in [6.07, 6.45) is -0.941. The van der Waals surface area contributed by atoms with Gasteiger partial charge in [-0.2, -0.15) is 0 Å². The standard InChI is InChI=1S/C25H28O5/c1-7-28-24(27)16(3)29-23-21(26)19-13-8-15(2)14-20(19)30-22(23)17-9-11-18(12-10-17)25(4,5)6/h8-14,16H,7H2,1-6H3/t16-/m0/s1. The summed E-state index contributed by atoms with van der Waals surface area (Å²) in [5, 5.41) is 0.404. The van der Waals surface area contributed by atoms with Gasteiger partial charge in [0.1, 0.15) is 5.58 Å². The summed E-state index contributed by atoms with van der Waals surface area (Å²) >= 11 is 0. The van der Waals surface area contributed by atoms with Gasteiger partial charge in [-0.15, -0.1) is 0 Å². The Hall–Kier alpha value is -3.08. The van der Waals surface area contributed by atoms with Crippen LogP contribution < -0.4 is 10.2 Å². The highest BCUT2D eigenvalue weighted by Gasteiger charge is 2.24. The second-order valence-electron chi connectivity index (χ2n) is 8.43. The number of aryl methyl sites for hydroxylation is 1. The minimum Gasteiger partial charge on any atom is -0.471 e. The van der Waals surface area contributed by atoms with Gasteiger partial charge in [0.2, 0.25) is 11.2 Å². The summed E-state index contributed by atoms with van der Waals surface area (Å²) < 4.78 is 17.0. The molecule has 0 aliphatic rings. The Labute approximate surface area is 176 Å². The van der Waals surface area contributed by atoms with E-state index >= 15 is 0 Å². The maximum Gasteiger partial charge on any atom is 0.347 e. The van der Waals surface area contributed by atoms with Gasteiger partial charge in [0.15, 0.2) is 11.9 Å². The summed E-state index contributed by atoms with van der Waals surface area (Å²) in [6.45, 7) is 11.9. The monoisotopic (exact) mass is 408 g/mol. The predicted octanol–water partition coefficient (Wildman–Crippen LogP) is 5.40. The Morgan fingerprint density at radius 1 is 1.10 bits per heavy atom. The van der Waals surface area contributed by atoms with Crippen LogP contribution in [0.4, 0.5) is 0 Å². The lowest BCUT2D eigenvalue weighted by molar-refractivity contribution is -0.150. The van der Waals surface area contributed by atoms with Crippen molar-refractivity contribution in [2.24, 2.45) is 0 Å². The molecule has 3 rings (SSSR count). The van der Waals surface area contributed by atoms with Gasteiger partial charge < -0.3 is 13.9 Å². The number of esters is 1. The van der Waals surface area contributed by atoms with E-state index in [1.54, 1.807) is 19.9 Å². The number of fused-ring (bicyclic) bond motifs is 1. The average molecular weight is 408 g/mol. The van der Waals surface area contributed by atoms with Crippen LogP contribution >= 0.6 is 0 Å². The van der Waals surface area contributed by atoms with Crippen molar-refractivity contribution >= 4 is 16.9 Å². The van der Waals surface area contributed by atoms with E-state index in [1.807, 2.05) is 43.3 Å². The second-order valence-corrected chi connectivity index (χ2v) is 8.43. The van der Waals surface area contributed by atoms with Crippen LogP contribution in [0.15, 0.2) is 51.7 Å². The fourth-order valence-corrected chi connectivity index (χ4v) is 3.19. The molecule has 0 spiro atoms. The summed E-state index contributed by atoms with van der Waals surface area (Å²) in [6, 6.07) is 13.2. The van der Waals surface area contributed by atoms with Gasteiger partial charge in [-0.05, 0) is 49.4 Å². The number of ether oxygens (including phenoxy) is 2. The van der Waals surface area contributed by atoms with Gasteiger partial charge in [-0.1, -0.05) is 51.1 Å². The maximum absolute atomic E-state index is 13.2. The van der Waals surface area contributed by atoms with E-state index < -0.39 is 12.1 Å². The van der Waals surface area contributed by atoms with E-state index in [0.717, 1.165) is 11.1 Å². The molecule has 0 aliphatic carbocycles. The van der Waals surface area contributed by atoms with Crippen LogP contribution in [-0.4, -0.2) is 18.7 Å². The van der Waals surface area contributed by atoms with Crippen molar-refractivity contribution in [3.63, 3.8) is 0 Å². The first-order valence-electron chi connectivity index (χ1n) is 10.1. The van der Waals surface area contributed by atoms with Crippen molar-refractivity contribution in [2.75, 3.05) is 6.61 Å². The Morgan fingerprint density at radius 3 is 2.37 bits per heavy atom. The number of carbonyl (C=O) groups excluding carboxylic acids is 1. The summed E-state index contributed by atoms with van der Waals surface area (Å²) in [4.78, 5) is 25.3. The van der Waals surface area contributed by atoms with Crippen LogP contribution in [0.1, 0.15) is 45.7 Å². The summed E-state index contributed by atoms with van der Waals surface area (Å²) in [5.41, 5.74) is 3.00. The predicted molar refractivity (Wildman–Crippen MR) is 118 cm³/mol. The molecule has 158 valence electrons. The highest BCUT2D eigenvalue weighted by Crippen LogP contribution is 2.33. The number of hydrogen-bond donors (Lipinski definition) is 0. The Morgan fingerprint density at radius 2 is 1.77 bits per heavy atom. The van der Waals surface area contributed by atoms with Crippen molar-refractivity contribution in [3.8, 4) is 17.1 Å². The first-order chi connectivity index (χ1) is 14.1. The van der Waals surface area contributed by atoms with Crippen LogP contribution in [0.3, 0.4) is 0 Å². The SMILES string of the molecule is CCOC(=O)[C@H](C)Oc1c(-c2ccc(C(C)(C)C)cc2)oc2cc(C)ccc2c1=O. The minimum absolute atomic E-state index is 0.00236. The van der Waals surface area contributed by atoms with Gasteiger partial charge in [-0.3, -0.25) is 4.79 Å². The van der Waals surface area contributed by atoms with Crippen LogP contribution in [0, 0.1) is 6.92 Å². The van der Waals surface area contributed by atoms with E-state index in [2.05, 4.69) is 20.8 Å². The highest BCUT2D eigenvalue weighted by molar-refractivity contribution is 5.83. The molecule has 1 aromatic heterocycles. The zero-order chi connectivity index (χ0) is 22.1. The molecule has 0 saturated heterocycles. The van der Waals surface area contributed by atoms with E-state index in [4.69, 9.17) is 13.9 Å². The third-order valence-electron chi connectivity index (χ3n) is 4.93. The molecule has 5 heteroatoms. The van der Waals surface area contributed by atoms with Crippen molar-refractivity contribution in [3.05, 3.63) is 63.8 Å². The molecule has 0 unspecified atom stereocenters. The zero-order valence-corrected chi connectivity index (χ0v) is 18.4. The molecule has 1 heterocycles. The molecule has 30 heavy (non-hydrogen) atoms. The van der Waals surface area contributed by atoms with E-state index in [1.165, 1.54) is 0 Å². The fraction of sp³-hybridized carbons (Fsp3) is 0.360. The lowest BCUT2D eigenvalue weighted by Gasteiger charge is -2.20. The molecule has 0 aliphatic heterocycles. The third-order valence-corrected chi connectivity index (χ3v) is 4.93. The molecule has 0 fully saturated rings. The summed E-state index contributed by atoms with van der Waals surface area (Å²) in [5.74, 6) is -0.222. The van der Waals surface area contributed by atoms with Crippen LogP contribution in [0.2, 0.25) is 0 Å². The minimum atomic E-state index is -0.941. The lowest BCUT2D eigenvalue weighted by Crippen LogP contribution is -2.28. The number of carbonyl (C=O) groups is 1. The molecule has 0 amide bonds. The van der Waals surface area contributed by atoms with Gasteiger partial charge in [0.25, 0.3) is 0 Å². The molecule has 0 saturated carbocycles. The van der Waals surface area contributed by atoms with Crippen molar-refractivity contribution < 1.29 is 18.7 Å². The summed E-state index contributed by atoms with van der Waals surface area (Å²) in [7, 11) is 0. The van der Waals surface area contributed by atoms with Gasteiger partial charge in [0, 0.05) is 5.56 Å². The molecule has 3 aromatic rings. The molecule has 0 N–H and O–H groups in total. The normalized spacial score (nSPS) is 12.6.